The monoisotopic (exact) mass is 428 g/mol. The summed E-state index contributed by atoms with van der Waals surface area (Å²) in [5.41, 5.74) is 1.08. The van der Waals surface area contributed by atoms with Crippen LogP contribution in [-0.4, -0.2) is 51.4 Å². The number of likely N-dealkylation sites (tertiary alicyclic amines) is 1. The molecule has 4 rings (SSSR count). The highest BCUT2D eigenvalue weighted by Gasteiger charge is 2.30. The maximum Gasteiger partial charge on any atom is 0.387 e. The Morgan fingerprint density at radius 2 is 2.03 bits per heavy atom. The SMILES string of the molecule is O=C(Cn1nc(F)c2ncc(-c3ccc(Cl)c(OC(F)F)c3)cc21)N1CC(F)C1. The Labute approximate surface area is 166 Å². The van der Waals surface area contributed by atoms with Gasteiger partial charge in [0.05, 0.1) is 23.6 Å². The number of benzene rings is 1. The van der Waals surface area contributed by atoms with E-state index < -0.39 is 24.6 Å². The highest BCUT2D eigenvalue weighted by molar-refractivity contribution is 6.32. The first-order chi connectivity index (χ1) is 13.8. The van der Waals surface area contributed by atoms with Crippen LogP contribution in [0, 0.1) is 5.95 Å². The number of hydrogen-bond acceptors (Lipinski definition) is 4. The topological polar surface area (TPSA) is 60.3 Å². The fourth-order valence-corrected chi connectivity index (χ4v) is 3.18. The number of fused-ring (bicyclic) bond motifs is 1. The van der Waals surface area contributed by atoms with Gasteiger partial charge in [-0.05, 0) is 23.8 Å². The van der Waals surface area contributed by atoms with E-state index in [0.717, 1.165) is 4.68 Å². The number of halogens is 5. The Morgan fingerprint density at radius 3 is 2.72 bits per heavy atom. The van der Waals surface area contributed by atoms with Crippen molar-refractivity contribution in [2.24, 2.45) is 0 Å². The first-order valence-corrected chi connectivity index (χ1v) is 8.88. The minimum atomic E-state index is -3.05. The van der Waals surface area contributed by atoms with Gasteiger partial charge in [-0.3, -0.25) is 9.48 Å². The molecule has 0 radical (unpaired) electrons. The number of carbonyl (C=O) groups excluding carboxylic acids is 1. The predicted octanol–water partition coefficient (Wildman–Crippen LogP) is 3.67. The van der Waals surface area contributed by atoms with E-state index in [1.54, 1.807) is 6.07 Å². The minimum Gasteiger partial charge on any atom is -0.433 e. The summed E-state index contributed by atoms with van der Waals surface area (Å²) in [6.45, 7) is -3.32. The molecule has 0 unspecified atom stereocenters. The Kier molecular flexibility index (Phi) is 5.03. The van der Waals surface area contributed by atoms with Gasteiger partial charge >= 0.3 is 6.61 Å². The van der Waals surface area contributed by atoms with Crippen molar-refractivity contribution in [3.8, 4) is 16.9 Å². The van der Waals surface area contributed by atoms with Crippen molar-refractivity contribution in [1.29, 1.82) is 0 Å². The molecule has 0 saturated carbocycles. The number of carbonyl (C=O) groups is 1. The molecule has 0 N–H and O–H groups in total. The van der Waals surface area contributed by atoms with E-state index in [4.69, 9.17) is 11.6 Å². The van der Waals surface area contributed by atoms with Gasteiger partial charge in [-0.1, -0.05) is 17.7 Å². The van der Waals surface area contributed by atoms with Gasteiger partial charge in [0.15, 0.2) is 0 Å². The van der Waals surface area contributed by atoms with E-state index in [-0.39, 0.29) is 41.4 Å². The Hall–Kier alpha value is -2.88. The number of pyridine rings is 1. The first-order valence-electron chi connectivity index (χ1n) is 8.50. The standard InChI is InChI=1S/C18H13ClF4N4O2/c19-12-2-1-9(4-14(12)29-18(22)23)10-3-13-16(24-5-10)17(21)25-27(13)8-15(28)26-6-11(20)7-26/h1-5,11,18H,6-8H2. The maximum atomic E-state index is 14.1. The lowest BCUT2D eigenvalue weighted by molar-refractivity contribution is -0.139. The maximum absolute atomic E-state index is 14.1. The smallest absolute Gasteiger partial charge is 0.387 e. The molecule has 1 saturated heterocycles. The summed E-state index contributed by atoms with van der Waals surface area (Å²) in [7, 11) is 0. The van der Waals surface area contributed by atoms with Crippen LogP contribution in [0.15, 0.2) is 30.5 Å². The Morgan fingerprint density at radius 1 is 1.28 bits per heavy atom. The zero-order valence-corrected chi connectivity index (χ0v) is 15.4. The summed E-state index contributed by atoms with van der Waals surface area (Å²) in [5.74, 6) is -1.47. The molecule has 0 atom stereocenters. The van der Waals surface area contributed by atoms with Crippen molar-refractivity contribution in [1.82, 2.24) is 19.7 Å². The fourth-order valence-electron chi connectivity index (χ4n) is 3.02. The highest BCUT2D eigenvalue weighted by atomic mass is 35.5. The molecule has 29 heavy (non-hydrogen) atoms. The number of aromatic nitrogens is 3. The Bertz CT molecular complexity index is 1090. The number of rotatable bonds is 5. The van der Waals surface area contributed by atoms with Crippen LogP contribution in [0.2, 0.25) is 5.02 Å². The van der Waals surface area contributed by atoms with E-state index >= 15 is 0 Å². The second-order valence-electron chi connectivity index (χ2n) is 6.46. The lowest BCUT2D eigenvalue weighted by atomic mass is 10.1. The zero-order valence-electron chi connectivity index (χ0n) is 14.7. The molecular formula is C18H13ClF4N4O2. The average Bonchev–Trinajstić information content (AvgIpc) is 2.95. The summed E-state index contributed by atoms with van der Waals surface area (Å²) in [5, 5.41) is 3.70. The number of hydrogen-bond donors (Lipinski definition) is 0. The van der Waals surface area contributed by atoms with Gasteiger partial charge in [0.1, 0.15) is 24.0 Å². The number of nitrogens with zero attached hydrogens (tertiary/aromatic N) is 4. The molecule has 0 aliphatic carbocycles. The molecule has 0 spiro atoms. The third-order valence-electron chi connectivity index (χ3n) is 4.50. The summed E-state index contributed by atoms with van der Waals surface area (Å²) in [4.78, 5) is 17.5. The lowest BCUT2D eigenvalue weighted by Gasteiger charge is -2.34. The summed E-state index contributed by atoms with van der Waals surface area (Å²) < 4.78 is 57.7. The largest absolute Gasteiger partial charge is 0.433 e. The Balaban J connectivity index is 1.68. The van der Waals surface area contributed by atoms with E-state index in [9.17, 15) is 22.4 Å². The first kappa shape index (κ1) is 19.4. The molecule has 152 valence electrons. The summed E-state index contributed by atoms with van der Waals surface area (Å²) in [6.07, 6.45) is 0.297. The average molecular weight is 429 g/mol. The van der Waals surface area contributed by atoms with Crippen molar-refractivity contribution in [2.75, 3.05) is 13.1 Å². The second-order valence-corrected chi connectivity index (χ2v) is 6.87. The van der Waals surface area contributed by atoms with Gasteiger partial charge in [0.25, 0.3) is 5.95 Å². The number of ether oxygens (including phenoxy) is 1. The molecule has 3 aromatic rings. The van der Waals surface area contributed by atoms with E-state index in [2.05, 4.69) is 14.8 Å². The molecule has 1 amide bonds. The van der Waals surface area contributed by atoms with Crippen LogP contribution in [0.25, 0.3) is 22.2 Å². The van der Waals surface area contributed by atoms with Crippen molar-refractivity contribution in [2.45, 2.75) is 19.3 Å². The van der Waals surface area contributed by atoms with Crippen molar-refractivity contribution in [3.63, 3.8) is 0 Å². The number of alkyl halides is 3. The molecule has 1 aliphatic heterocycles. The molecule has 2 aromatic heterocycles. The highest BCUT2D eigenvalue weighted by Crippen LogP contribution is 2.32. The predicted molar refractivity (Wildman–Crippen MR) is 96.0 cm³/mol. The minimum absolute atomic E-state index is 0.00169. The van der Waals surface area contributed by atoms with Crippen LogP contribution in [0.3, 0.4) is 0 Å². The van der Waals surface area contributed by atoms with Gasteiger partial charge in [-0.25, -0.2) is 9.37 Å². The molecule has 1 aliphatic rings. The van der Waals surface area contributed by atoms with Gasteiger partial charge in [-0.2, -0.15) is 13.2 Å². The van der Waals surface area contributed by atoms with Gasteiger partial charge in [0.2, 0.25) is 5.91 Å². The summed E-state index contributed by atoms with van der Waals surface area (Å²) in [6, 6.07) is 5.78. The normalized spacial score (nSPS) is 14.5. The third-order valence-corrected chi connectivity index (χ3v) is 4.82. The molecule has 11 heteroatoms. The lowest BCUT2D eigenvalue weighted by Crippen LogP contribution is -2.52. The fraction of sp³-hybridized carbons (Fsp3) is 0.278. The van der Waals surface area contributed by atoms with Crippen molar-refractivity contribution >= 4 is 28.5 Å². The van der Waals surface area contributed by atoms with Crippen LogP contribution >= 0.6 is 11.6 Å². The molecule has 6 nitrogen and oxygen atoms in total. The van der Waals surface area contributed by atoms with Crippen LogP contribution in [0.5, 0.6) is 5.75 Å². The third kappa shape index (κ3) is 3.84. The molecule has 1 aromatic carbocycles. The van der Waals surface area contributed by atoms with E-state index in [0.29, 0.717) is 11.1 Å². The number of amides is 1. The van der Waals surface area contributed by atoms with Gasteiger partial charge < -0.3 is 9.64 Å². The molecule has 3 heterocycles. The van der Waals surface area contributed by atoms with E-state index in [1.807, 2.05) is 0 Å². The molecule has 1 fully saturated rings. The summed E-state index contributed by atoms with van der Waals surface area (Å²) >= 11 is 5.86. The second kappa shape index (κ2) is 7.51. The molecular weight excluding hydrogens is 416 g/mol. The van der Waals surface area contributed by atoms with Crippen LogP contribution < -0.4 is 4.74 Å². The van der Waals surface area contributed by atoms with Crippen LogP contribution in [-0.2, 0) is 11.3 Å². The molecule has 0 bridgehead atoms. The van der Waals surface area contributed by atoms with Crippen LogP contribution in [0.1, 0.15) is 0 Å². The van der Waals surface area contributed by atoms with Crippen LogP contribution in [0.4, 0.5) is 17.6 Å². The van der Waals surface area contributed by atoms with Gasteiger partial charge in [-0.15, -0.1) is 5.10 Å². The van der Waals surface area contributed by atoms with Crippen molar-refractivity contribution < 1.29 is 27.1 Å². The van der Waals surface area contributed by atoms with Gasteiger partial charge in [0, 0.05) is 11.8 Å². The van der Waals surface area contributed by atoms with Crippen molar-refractivity contribution in [3.05, 3.63) is 41.4 Å². The zero-order chi connectivity index (χ0) is 20.7. The van der Waals surface area contributed by atoms with E-state index in [1.165, 1.54) is 29.3 Å². The quantitative estimate of drug-likeness (QED) is 0.582.